The van der Waals surface area contributed by atoms with Crippen LogP contribution in [0.25, 0.3) is 0 Å². The Bertz CT molecular complexity index is 1030. The fourth-order valence-electron chi connectivity index (χ4n) is 4.49. The number of aliphatic carboxylic acids is 2. The van der Waals surface area contributed by atoms with Crippen LogP contribution in [0.5, 0.6) is 0 Å². The van der Waals surface area contributed by atoms with Gasteiger partial charge in [0.25, 0.3) is 0 Å². The number of halogens is 6. The largest absolute Gasteiger partial charge is 0.490 e. The van der Waals surface area contributed by atoms with Crippen LogP contribution in [0.4, 0.5) is 26.3 Å². The fourth-order valence-corrected chi connectivity index (χ4v) is 4.49. The number of benzene rings is 1. The normalized spacial score (nSPS) is 21.1. The number of nitrogens with zero attached hydrogens (tertiary/aromatic N) is 2. The molecule has 2 heterocycles. The van der Waals surface area contributed by atoms with E-state index in [1.165, 1.54) is 5.56 Å². The summed E-state index contributed by atoms with van der Waals surface area (Å²) in [5.74, 6) is -2.05. The highest BCUT2D eigenvalue weighted by atomic mass is 19.4. The number of hydrogen-bond donors (Lipinski definition) is 2. The highest BCUT2D eigenvalue weighted by molar-refractivity contribution is 5.73. The molecule has 0 spiro atoms. The number of carboxylic acid groups (broad SMARTS) is 2. The molecule has 1 aromatic heterocycles. The number of carboxylic acids is 2. The van der Waals surface area contributed by atoms with Crippen LogP contribution in [0, 0.1) is 12.8 Å². The lowest BCUT2D eigenvalue weighted by Gasteiger charge is -2.27. The molecule has 1 aromatic carbocycles. The van der Waals surface area contributed by atoms with Gasteiger partial charge in [-0.15, -0.1) is 0 Å². The van der Waals surface area contributed by atoms with Gasteiger partial charge in [0.15, 0.2) is 0 Å². The van der Waals surface area contributed by atoms with Gasteiger partial charge in [-0.1, -0.05) is 24.3 Å². The van der Waals surface area contributed by atoms with Crippen LogP contribution in [0.1, 0.15) is 34.6 Å². The van der Waals surface area contributed by atoms with E-state index < -0.39 is 24.3 Å². The van der Waals surface area contributed by atoms with E-state index in [-0.39, 0.29) is 0 Å². The zero-order valence-electron chi connectivity index (χ0n) is 19.6. The Morgan fingerprint density at radius 2 is 1.44 bits per heavy atom. The Kier molecular flexibility index (Phi) is 9.18. The lowest BCUT2D eigenvalue weighted by molar-refractivity contribution is -0.193. The molecule has 36 heavy (non-hydrogen) atoms. The number of furan rings is 1. The van der Waals surface area contributed by atoms with Crippen molar-refractivity contribution in [1.82, 2.24) is 9.80 Å². The number of aryl methyl sites for hydroxylation is 1. The highest BCUT2D eigenvalue weighted by Gasteiger charge is 2.46. The smallest absolute Gasteiger partial charge is 0.475 e. The van der Waals surface area contributed by atoms with E-state index in [4.69, 9.17) is 24.2 Å². The van der Waals surface area contributed by atoms with Crippen molar-refractivity contribution in [1.29, 1.82) is 0 Å². The van der Waals surface area contributed by atoms with Crippen LogP contribution < -0.4 is 0 Å². The third-order valence-electron chi connectivity index (χ3n) is 5.78. The summed E-state index contributed by atoms with van der Waals surface area (Å²) in [4.78, 5) is 22.7. The summed E-state index contributed by atoms with van der Waals surface area (Å²) >= 11 is 0. The quantitative estimate of drug-likeness (QED) is 0.563. The van der Waals surface area contributed by atoms with Gasteiger partial charge in [0, 0.05) is 25.0 Å². The molecule has 0 radical (unpaired) electrons. The van der Waals surface area contributed by atoms with Crippen molar-refractivity contribution in [3.05, 3.63) is 59.0 Å². The molecule has 0 bridgehead atoms. The van der Waals surface area contributed by atoms with E-state index in [1.54, 1.807) is 5.56 Å². The van der Waals surface area contributed by atoms with Gasteiger partial charge in [-0.25, -0.2) is 9.59 Å². The molecule has 0 unspecified atom stereocenters. The number of rotatable bonds is 3. The predicted molar refractivity (Wildman–Crippen MR) is 115 cm³/mol. The van der Waals surface area contributed by atoms with Crippen LogP contribution in [-0.2, 0) is 16.1 Å². The summed E-state index contributed by atoms with van der Waals surface area (Å²) in [6.45, 7) is 5.25. The molecule has 0 saturated carbocycles. The third kappa shape index (κ3) is 7.47. The van der Waals surface area contributed by atoms with Crippen LogP contribution in [0.2, 0.25) is 0 Å². The maximum absolute atomic E-state index is 10.6. The molecule has 4 rings (SSSR count). The number of carbonyl (C=O) groups is 2. The van der Waals surface area contributed by atoms with Crippen molar-refractivity contribution in [2.45, 2.75) is 37.8 Å². The average molecular weight is 524 g/mol. The Balaban J connectivity index is 0.000000271. The van der Waals surface area contributed by atoms with E-state index >= 15 is 0 Å². The summed E-state index contributed by atoms with van der Waals surface area (Å²) in [6, 6.07) is 13.7. The molecule has 0 amide bonds. The first-order chi connectivity index (χ1) is 16.5. The number of hydrogen-bond acceptors (Lipinski definition) is 5. The molecule has 200 valence electrons. The minimum atomic E-state index is -5.08. The molecule has 1 aliphatic carbocycles. The van der Waals surface area contributed by atoms with Gasteiger partial charge in [-0.05, 0) is 50.2 Å². The Hall–Kier alpha value is -3.06. The summed E-state index contributed by atoms with van der Waals surface area (Å²) in [5.41, 5.74) is 3.10. The van der Waals surface area contributed by atoms with E-state index in [9.17, 15) is 26.3 Å². The Morgan fingerprint density at radius 3 is 1.86 bits per heavy atom. The third-order valence-corrected chi connectivity index (χ3v) is 5.78. The van der Waals surface area contributed by atoms with Crippen molar-refractivity contribution in [2.75, 3.05) is 27.2 Å². The number of fused-ring (bicyclic) bond motifs is 3. The molecule has 1 saturated heterocycles. The van der Waals surface area contributed by atoms with Crippen LogP contribution in [0.3, 0.4) is 0 Å². The number of likely N-dealkylation sites (tertiary alicyclic amines) is 1. The van der Waals surface area contributed by atoms with E-state index in [2.05, 4.69) is 60.3 Å². The maximum Gasteiger partial charge on any atom is 0.490 e. The van der Waals surface area contributed by atoms with Gasteiger partial charge in [0.1, 0.15) is 11.5 Å². The molecule has 7 nitrogen and oxygen atoms in total. The van der Waals surface area contributed by atoms with E-state index in [0.717, 1.165) is 31.2 Å². The fraction of sp³-hybridized carbons (Fsp3) is 0.478. The molecular formula is C23H26F6N2O5. The van der Waals surface area contributed by atoms with Crippen LogP contribution in [-0.4, -0.2) is 71.5 Å². The predicted octanol–water partition coefficient (Wildman–Crippen LogP) is 4.69. The van der Waals surface area contributed by atoms with Gasteiger partial charge in [0.2, 0.25) is 0 Å². The van der Waals surface area contributed by atoms with Crippen molar-refractivity contribution >= 4 is 11.9 Å². The molecular weight excluding hydrogens is 498 g/mol. The SMILES string of the molecule is Cc1ccc(CN2C[C@H]3[C@@H](C2)c2ccccc2[C@@H]3N(C)C)o1.O=C(O)C(F)(F)F.O=C(O)C(F)(F)F. The first-order valence-electron chi connectivity index (χ1n) is 10.7. The van der Waals surface area contributed by atoms with Gasteiger partial charge < -0.3 is 19.5 Å². The van der Waals surface area contributed by atoms with Crippen LogP contribution in [0.15, 0.2) is 40.8 Å². The van der Waals surface area contributed by atoms with Gasteiger partial charge in [-0.3, -0.25) is 4.90 Å². The van der Waals surface area contributed by atoms with Gasteiger partial charge in [0.05, 0.1) is 6.54 Å². The summed E-state index contributed by atoms with van der Waals surface area (Å²) < 4.78 is 69.2. The van der Waals surface area contributed by atoms with Gasteiger partial charge >= 0.3 is 24.3 Å². The van der Waals surface area contributed by atoms with Crippen molar-refractivity contribution in [3.8, 4) is 0 Å². The van der Waals surface area contributed by atoms with Crippen LogP contribution >= 0.6 is 0 Å². The molecule has 1 aliphatic heterocycles. The lowest BCUT2D eigenvalue weighted by Crippen LogP contribution is -2.28. The molecule has 2 aromatic rings. The Labute approximate surface area is 202 Å². The minimum Gasteiger partial charge on any atom is -0.475 e. The summed E-state index contributed by atoms with van der Waals surface area (Å²) in [5, 5.41) is 14.2. The second-order valence-corrected chi connectivity index (χ2v) is 8.62. The second-order valence-electron chi connectivity index (χ2n) is 8.62. The van der Waals surface area contributed by atoms with Crippen molar-refractivity contribution < 1.29 is 50.6 Å². The molecule has 1 fully saturated rings. The molecule has 2 aliphatic rings. The zero-order chi connectivity index (χ0) is 27.4. The number of alkyl halides is 6. The Morgan fingerprint density at radius 1 is 0.944 bits per heavy atom. The second kappa shape index (κ2) is 11.3. The average Bonchev–Trinajstić information content (AvgIpc) is 3.41. The zero-order valence-corrected chi connectivity index (χ0v) is 19.6. The van der Waals surface area contributed by atoms with E-state index in [0.29, 0.717) is 17.9 Å². The molecule has 13 heteroatoms. The standard InChI is InChI=1S/C19H24N2O.2C2HF3O2/c1-13-8-9-14(22-13)10-21-11-17-15-6-4-5-7-16(15)19(20(2)3)18(17)12-21;2*3-2(4,5)1(6)7/h4-9,17-19H,10-12H2,1-3H3;2*(H,6,7)/t17-,18-,19-;;/m0../s1. The minimum absolute atomic E-state index is 0.546. The van der Waals surface area contributed by atoms with Gasteiger partial charge in [-0.2, -0.15) is 26.3 Å². The molecule has 2 N–H and O–H groups in total. The van der Waals surface area contributed by atoms with Crippen molar-refractivity contribution in [3.63, 3.8) is 0 Å². The van der Waals surface area contributed by atoms with E-state index in [1.807, 2.05) is 6.92 Å². The summed E-state index contributed by atoms with van der Waals surface area (Å²) in [7, 11) is 4.42. The monoisotopic (exact) mass is 524 g/mol. The summed E-state index contributed by atoms with van der Waals surface area (Å²) in [6.07, 6.45) is -10.2. The highest BCUT2D eigenvalue weighted by Crippen LogP contribution is 2.51. The first-order valence-corrected chi connectivity index (χ1v) is 10.7. The molecule has 3 atom stereocenters. The maximum atomic E-state index is 10.6. The lowest BCUT2D eigenvalue weighted by atomic mass is 9.94. The van der Waals surface area contributed by atoms with Crippen molar-refractivity contribution in [2.24, 2.45) is 5.92 Å². The first kappa shape index (κ1) is 29.2. The topological polar surface area (TPSA) is 94.2 Å².